The Bertz CT molecular complexity index is 1240. The quantitative estimate of drug-likeness (QED) is 0.147. The van der Waals surface area contributed by atoms with E-state index in [1.54, 1.807) is 5.57 Å². The van der Waals surface area contributed by atoms with E-state index in [4.69, 9.17) is 11.5 Å². The Kier molecular flexibility index (Phi) is 16.3. The highest BCUT2D eigenvalue weighted by Crippen LogP contribution is 2.69. The van der Waals surface area contributed by atoms with Crippen molar-refractivity contribution < 1.29 is 20.4 Å². The van der Waals surface area contributed by atoms with Crippen molar-refractivity contribution in [3.8, 4) is 0 Å². The van der Waals surface area contributed by atoms with Gasteiger partial charge in [-0.3, -0.25) is 0 Å². The van der Waals surface area contributed by atoms with Gasteiger partial charge in [0.2, 0.25) is 0 Å². The molecule has 0 aromatic carbocycles. The maximum atomic E-state index is 11.1. The van der Waals surface area contributed by atoms with Crippen LogP contribution in [0.2, 0.25) is 0 Å². The van der Waals surface area contributed by atoms with Crippen LogP contribution in [-0.2, 0) is 0 Å². The first-order valence-electron chi connectivity index (χ1n) is 20.5. The lowest BCUT2D eigenvalue weighted by Gasteiger charge is -2.63. The molecule has 0 radical (unpaired) electrons. The van der Waals surface area contributed by atoms with Crippen LogP contribution < -0.4 is 11.5 Å². The van der Waals surface area contributed by atoms with Gasteiger partial charge >= 0.3 is 0 Å². The van der Waals surface area contributed by atoms with Gasteiger partial charge in [0.25, 0.3) is 0 Å². The van der Waals surface area contributed by atoms with Gasteiger partial charge in [0.1, 0.15) is 0 Å². The van der Waals surface area contributed by atoms with Gasteiger partial charge in [0.15, 0.2) is 0 Å². The maximum absolute atomic E-state index is 11.1. The van der Waals surface area contributed by atoms with E-state index in [-0.39, 0.29) is 93.2 Å². The summed E-state index contributed by atoms with van der Waals surface area (Å²) in [6.45, 7) is 14.2. The van der Waals surface area contributed by atoms with E-state index in [1.807, 2.05) is 0 Å². The molecule has 8 aliphatic rings. The summed E-state index contributed by atoms with van der Waals surface area (Å²) in [5.41, 5.74) is 15.0. The lowest BCUT2D eigenvalue weighted by Crippen LogP contribution is -2.64. The molecule has 8 saturated carbocycles. The molecule has 0 amide bonds. The van der Waals surface area contributed by atoms with Crippen LogP contribution in [-0.4, -0.2) is 56.9 Å². The normalized spacial score (nSPS) is 54.0. The van der Waals surface area contributed by atoms with Crippen LogP contribution in [0.25, 0.3) is 0 Å². The topological polar surface area (TPSA) is 133 Å². The van der Waals surface area contributed by atoms with Crippen molar-refractivity contribution in [3.05, 3.63) is 11.6 Å². The zero-order chi connectivity index (χ0) is 34.6. The van der Waals surface area contributed by atoms with Crippen LogP contribution in [0.15, 0.2) is 11.6 Å². The van der Waals surface area contributed by atoms with Crippen LogP contribution in [0, 0.1) is 74.9 Å². The summed E-state index contributed by atoms with van der Waals surface area (Å²) in [4.78, 5) is 0. The molecule has 0 saturated heterocycles. The van der Waals surface area contributed by atoms with Crippen LogP contribution >= 0.6 is 24.8 Å². The summed E-state index contributed by atoms with van der Waals surface area (Å²) < 4.78 is 0. The van der Waals surface area contributed by atoms with E-state index in [9.17, 15) is 20.4 Å². The second-order valence-corrected chi connectivity index (χ2v) is 19.9. The standard InChI is InChI=1S/C21H37NO2.C21H35NO2.3CH4.2ClH/c2*1-4-12-5-6-14-17-15(8-10-20(12,14)2)21(3)9-7-13(22)11-16(21)18(23)19(17)24;;;;;/h12-19,23-24H,4-11,22H2,1-3H3;4,13-19,23-24H,5-11,22H2,1-3H3;3*1H4;2*1H/b;12-4-;;;;;/t12-,13-,14?,15?,16?,17?,18+,19+,20+,21+;13-,14?,15?,16?,17?,18+,19+,20+,21+;;;;;/m00...../s1. The molecule has 0 aromatic heterocycles. The molecule has 8 aliphatic carbocycles. The zero-order valence-electron chi connectivity index (χ0n) is 32.1. The molecule has 19 atom stereocenters. The molecular formula is C45H86Cl2N2O4. The minimum Gasteiger partial charge on any atom is -0.390 e. The number of fused-ring (bicyclic) bond motifs is 10. The minimum atomic E-state index is -0.598. The summed E-state index contributed by atoms with van der Waals surface area (Å²) in [6.07, 6.45) is 17.4. The molecule has 314 valence electrons. The smallest absolute Gasteiger partial charge is 0.0836 e. The Hall–Kier alpha value is 0.0800. The lowest BCUT2D eigenvalue weighted by molar-refractivity contribution is -0.215. The Morgan fingerprint density at radius 3 is 1.47 bits per heavy atom. The van der Waals surface area contributed by atoms with Gasteiger partial charge in [0.05, 0.1) is 24.4 Å². The number of allylic oxidation sites excluding steroid dienone is 2. The van der Waals surface area contributed by atoms with Gasteiger partial charge in [-0.1, -0.05) is 75.0 Å². The molecule has 53 heavy (non-hydrogen) atoms. The largest absolute Gasteiger partial charge is 0.390 e. The van der Waals surface area contributed by atoms with Gasteiger partial charge < -0.3 is 31.9 Å². The average Bonchev–Trinajstić information content (AvgIpc) is 3.59. The molecule has 0 aromatic rings. The first-order valence-corrected chi connectivity index (χ1v) is 20.5. The molecule has 0 aliphatic heterocycles. The third kappa shape index (κ3) is 7.27. The van der Waals surface area contributed by atoms with E-state index < -0.39 is 24.4 Å². The minimum absolute atomic E-state index is 0. The van der Waals surface area contributed by atoms with Gasteiger partial charge in [-0.25, -0.2) is 0 Å². The lowest BCUT2D eigenvalue weighted by atomic mass is 9.43. The van der Waals surface area contributed by atoms with Crippen LogP contribution in [0.4, 0.5) is 0 Å². The number of aliphatic hydroxyl groups excluding tert-OH is 4. The fourth-order valence-corrected chi connectivity index (χ4v) is 15.7. The molecular weight excluding hydrogens is 703 g/mol. The maximum Gasteiger partial charge on any atom is 0.0836 e. The van der Waals surface area contributed by atoms with E-state index >= 15 is 0 Å². The van der Waals surface area contributed by atoms with Crippen molar-refractivity contribution in [1.29, 1.82) is 0 Å². The highest BCUT2D eigenvalue weighted by atomic mass is 35.5. The third-order valence-electron chi connectivity index (χ3n) is 18.5. The van der Waals surface area contributed by atoms with Crippen LogP contribution in [0.3, 0.4) is 0 Å². The molecule has 8 heteroatoms. The Morgan fingerprint density at radius 1 is 0.566 bits per heavy atom. The summed E-state index contributed by atoms with van der Waals surface area (Å²) in [5, 5.41) is 44.3. The highest BCUT2D eigenvalue weighted by molar-refractivity contribution is 5.85. The zero-order valence-corrected chi connectivity index (χ0v) is 33.7. The van der Waals surface area contributed by atoms with Crippen LogP contribution in [0.5, 0.6) is 0 Å². The summed E-state index contributed by atoms with van der Waals surface area (Å²) >= 11 is 0. The summed E-state index contributed by atoms with van der Waals surface area (Å²) in [5.74, 6) is 3.95. The highest BCUT2D eigenvalue weighted by Gasteiger charge is 2.66. The number of rotatable bonds is 1. The Labute approximate surface area is 338 Å². The van der Waals surface area contributed by atoms with E-state index in [1.165, 1.54) is 57.8 Å². The number of nitrogens with two attached hydrogens (primary N) is 2. The molecule has 8 fully saturated rings. The summed E-state index contributed by atoms with van der Waals surface area (Å²) in [6, 6.07) is 0.391. The number of hydrogen-bond acceptors (Lipinski definition) is 6. The molecule has 6 nitrogen and oxygen atoms in total. The van der Waals surface area contributed by atoms with E-state index in [2.05, 4.69) is 47.6 Å². The summed E-state index contributed by atoms with van der Waals surface area (Å²) in [7, 11) is 0. The first kappa shape index (κ1) is 49.2. The monoisotopic (exact) mass is 789 g/mol. The van der Waals surface area contributed by atoms with Crippen molar-refractivity contribution in [1.82, 2.24) is 0 Å². The van der Waals surface area contributed by atoms with E-state index in [0.29, 0.717) is 35.0 Å². The van der Waals surface area contributed by atoms with E-state index in [0.717, 1.165) is 44.4 Å². The molecule has 0 spiro atoms. The Balaban J connectivity index is 0.000000335. The molecule has 0 heterocycles. The van der Waals surface area contributed by atoms with Gasteiger partial charge in [0, 0.05) is 12.1 Å². The SMILES string of the molecule is C.C.C.C/C=C1/CCC2C3C(CC[C@]12C)[C@@]1(C)CC[C@H](N)CC1[C@@H](O)[C@@H]3O.CC[C@H]1CCC2C3C(CC[C@@]21C)[C@@]1(C)CC[C@H](N)CC1[C@@H](O)[C@@H]3O.Cl.Cl. The van der Waals surface area contributed by atoms with Gasteiger partial charge in [-0.2, -0.15) is 0 Å². The predicted octanol–water partition coefficient (Wildman–Crippen LogP) is 9.32. The second-order valence-electron chi connectivity index (χ2n) is 19.9. The third-order valence-corrected chi connectivity index (χ3v) is 18.5. The molecule has 0 bridgehead atoms. The van der Waals surface area contributed by atoms with Gasteiger partial charge in [-0.05, 0) is 172 Å². The fourth-order valence-electron chi connectivity index (χ4n) is 15.7. The van der Waals surface area contributed by atoms with Crippen molar-refractivity contribution >= 4 is 24.8 Å². The number of halogens is 2. The van der Waals surface area contributed by atoms with Gasteiger partial charge in [-0.15, -0.1) is 24.8 Å². The van der Waals surface area contributed by atoms with Crippen molar-refractivity contribution in [2.75, 3.05) is 0 Å². The van der Waals surface area contributed by atoms with Crippen molar-refractivity contribution in [2.45, 2.75) is 197 Å². The second kappa shape index (κ2) is 17.5. The first-order chi connectivity index (χ1) is 22.7. The molecule has 8 rings (SSSR count). The van der Waals surface area contributed by atoms with Crippen molar-refractivity contribution in [2.24, 2.45) is 86.4 Å². The van der Waals surface area contributed by atoms with Crippen LogP contribution in [0.1, 0.15) is 160 Å². The number of aliphatic hydroxyl groups is 4. The average molecular weight is 790 g/mol. The van der Waals surface area contributed by atoms with Crippen molar-refractivity contribution in [3.63, 3.8) is 0 Å². The number of hydrogen-bond donors (Lipinski definition) is 6. The molecule has 8 unspecified atom stereocenters. The Morgan fingerprint density at radius 2 is 1.00 bits per heavy atom. The predicted molar refractivity (Wildman–Crippen MR) is 227 cm³/mol. The fraction of sp³-hybridized carbons (Fsp3) is 0.956. The molecule has 8 N–H and O–H groups in total.